The lowest BCUT2D eigenvalue weighted by Crippen LogP contribution is -2.38. The quantitative estimate of drug-likeness (QED) is 0.376. The van der Waals surface area contributed by atoms with Crippen LogP contribution in [0.15, 0.2) is 4.99 Å². The lowest BCUT2D eigenvalue weighted by molar-refractivity contribution is 0.0377. The van der Waals surface area contributed by atoms with Gasteiger partial charge in [-0.3, -0.25) is 9.89 Å². The summed E-state index contributed by atoms with van der Waals surface area (Å²) in [4.78, 5) is 9.49. The van der Waals surface area contributed by atoms with Gasteiger partial charge in [0.25, 0.3) is 0 Å². The number of ether oxygens (including phenoxy) is 1. The molecular formula is C18H37N5O. The van der Waals surface area contributed by atoms with Gasteiger partial charge in [-0.05, 0) is 52.1 Å². The Hall–Kier alpha value is -0.850. The largest absolute Gasteiger partial charge is 0.379 e. The Kier molecular flexibility index (Phi) is 9.46. The van der Waals surface area contributed by atoms with Gasteiger partial charge in [0.05, 0.1) is 13.2 Å². The molecule has 24 heavy (non-hydrogen) atoms. The van der Waals surface area contributed by atoms with Crippen molar-refractivity contribution in [3.8, 4) is 0 Å². The molecule has 2 fully saturated rings. The minimum absolute atomic E-state index is 0.600. The van der Waals surface area contributed by atoms with Crippen molar-refractivity contribution in [3.63, 3.8) is 0 Å². The molecule has 2 aliphatic heterocycles. The molecule has 1 unspecified atom stereocenters. The summed E-state index contributed by atoms with van der Waals surface area (Å²) in [5.41, 5.74) is 5.93. The molecule has 2 saturated heterocycles. The van der Waals surface area contributed by atoms with Gasteiger partial charge in [0.15, 0.2) is 5.96 Å². The van der Waals surface area contributed by atoms with Crippen LogP contribution in [0, 0.1) is 0 Å². The van der Waals surface area contributed by atoms with Crippen molar-refractivity contribution in [1.82, 2.24) is 15.1 Å². The number of hydrogen-bond acceptors (Lipinski definition) is 4. The fraction of sp³-hybridized carbons (Fsp3) is 0.944. The number of nitrogens with two attached hydrogens (primary N) is 1. The fourth-order valence-corrected chi connectivity index (χ4v) is 3.52. The highest BCUT2D eigenvalue weighted by Crippen LogP contribution is 2.16. The standard InChI is InChI=1S/C18H37N5O/c1-17-7-2-4-11-23(17)12-5-3-8-20-18(19)21-9-6-10-22-13-15-24-16-14-22/h17H,2-16H2,1H3,(H3,19,20,21). The van der Waals surface area contributed by atoms with Crippen LogP contribution in [0.2, 0.25) is 0 Å². The van der Waals surface area contributed by atoms with Crippen molar-refractivity contribution in [1.29, 1.82) is 0 Å². The first-order valence-corrected chi connectivity index (χ1v) is 9.83. The zero-order valence-electron chi connectivity index (χ0n) is 15.5. The summed E-state index contributed by atoms with van der Waals surface area (Å²) in [6, 6.07) is 0.768. The van der Waals surface area contributed by atoms with Crippen molar-refractivity contribution in [3.05, 3.63) is 0 Å². The average molecular weight is 340 g/mol. The van der Waals surface area contributed by atoms with Gasteiger partial charge < -0.3 is 20.7 Å². The molecule has 0 aromatic carbocycles. The predicted molar refractivity (Wildman–Crippen MR) is 100 cm³/mol. The molecule has 2 aliphatic rings. The predicted octanol–water partition coefficient (Wildman–Crippen LogP) is 1.27. The zero-order valence-corrected chi connectivity index (χ0v) is 15.5. The molecule has 0 aliphatic carbocycles. The first-order valence-electron chi connectivity index (χ1n) is 9.83. The van der Waals surface area contributed by atoms with E-state index in [4.69, 9.17) is 10.5 Å². The van der Waals surface area contributed by atoms with Crippen LogP contribution in [-0.2, 0) is 4.74 Å². The fourth-order valence-electron chi connectivity index (χ4n) is 3.52. The molecule has 1 atom stereocenters. The zero-order chi connectivity index (χ0) is 17.0. The maximum absolute atomic E-state index is 5.93. The van der Waals surface area contributed by atoms with E-state index in [0.717, 1.165) is 64.8 Å². The highest BCUT2D eigenvalue weighted by atomic mass is 16.5. The second-order valence-electron chi connectivity index (χ2n) is 7.09. The topological polar surface area (TPSA) is 66.1 Å². The minimum atomic E-state index is 0.600. The number of aliphatic imine (C=N–C) groups is 1. The maximum atomic E-state index is 5.93. The Bertz CT molecular complexity index is 357. The first kappa shape index (κ1) is 19.5. The summed E-state index contributed by atoms with van der Waals surface area (Å²) in [6.07, 6.45) is 7.59. The van der Waals surface area contributed by atoms with E-state index in [1.165, 1.54) is 38.8 Å². The number of likely N-dealkylation sites (tertiary alicyclic amines) is 1. The molecule has 2 rings (SSSR count). The summed E-state index contributed by atoms with van der Waals surface area (Å²) < 4.78 is 5.35. The van der Waals surface area contributed by atoms with Gasteiger partial charge in [-0.2, -0.15) is 0 Å². The highest BCUT2D eigenvalue weighted by Gasteiger charge is 2.16. The SMILES string of the molecule is CC1CCCCN1CCCCNC(N)=NCCCN1CCOCC1. The normalized spacial score (nSPS) is 24.2. The molecule has 6 heteroatoms. The van der Waals surface area contributed by atoms with E-state index in [1.807, 2.05) is 0 Å². The third-order valence-corrected chi connectivity index (χ3v) is 5.14. The first-order chi connectivity index (χ1) is 11.8. The summed E-state index contributed by atoms with van der Waals surface area (Å²) in [5.74, 6) is 0.600. The number of rotatable bonds is 9. The van der Waals surface area contributed by atoms with Gasteiger partial charge in [-0.25, -0.2) is 0 Å². The summed E-state index contributed by atoms with van der Waals surface area (Å²) in [6.45, 7) is 11.5. The Morgan fingerprint density at radius 2 is 1.96 bits per heavy atom. The van der Waals surface area contributed by atoms with Crippen LogP contribution in [0.1, 0.15) is 45.4 Å². The molecule has 0 radical (unpaired) electrons. The Morgan fingerprint density at radius 1 is 1.12 bits per heavy atom. The van der Waals surface area contributed by atoms with Crippen molar-refractivity contribution < 1.29 is 4.74 Å². The summed E-state index contributed by atoms with van der Waals surface area (Å²) in [5, 5.41) is 3.25. The van der Waals surface area contributed by atoms with Gasteiger partial charge >= 0.3 is 0 Å². The maximum Gasteiger partial charge on any atom is 0.188 e. The van der Waals surface area contributed by atoms with Crippen molar-refractivity contribution in [2.45, 2.75) is 51.5 Å². The lowest BCUT2D eigenvalue weighted by Gasteiger charge is -2.33. The van der Waals surface area contributed by atoms with E-state index >= 15 is 0 Å². The van der Waals surface area contributed by atoms with Gasteiger partial charge in [0.1, 0.15) is 0 Å². The molecule has 0 aromatic rings. The second kappa shape index (κ2) is 11.7. The van der Waals surface area contributed by atoms with E-state index in [1.54, 1.807) is 0 Å². The Balaban J connectivity index is 1.44. The van der Waals surface area contributed by atoms with Crippen LogP contribution in [0.5, 0.6) is 0 Å². The van der Waals surface area contributed by atoms with Gasteiger partial charge in [-0.15, -0.1) is 0 Å². The Morgan fingerprint density at radius 3 is 2.75 bits per heavy atom. The van der Waals surface area contributed by atoms with E-state index < -0.39 is 0 Å². The van der Waals surface area contributed by atoms with Crippen LogP contribution in [0.25, 0.3) is 0 Å². The number of unbranched alkanes of at least 4 members (excludes halogenated alkanes) is 1. The van der Waals surface area contributed by atoms with Crippen molar-refractivity contribution in [2.24, 2.45) is 10.7 Å². The average Bonchev–Trinajstić information content (AvgIpc) is 2.61. The monoisotopic (exact) mass is 339 g/mol. The molecular weight excluding hydrogens is 302 g/mol. The van der Waals surface area contributed by atoms with Gasteiger partial charge in [0.2, 0.25) is 0 Å². The molecule has 0 bridgehead atoms. The number of hydrogen-bond donors (Lipinski definition) is 2. The third-order valence-electron chi connectivity index (χ3n) is 5.14. The van der Waals surface area contributed by atoms with Gasteiger partial charge in [0, 0.05) is 38.8 Å². The smallest absolute Gasteiger partial charge is 0.188 e. The van der Waals surface area contributed by atoms with Crippen molar-refractivity contribution >= 4 is 5.96 Å². The molecule has 3 N–H and O–H groups in total. The lowest BCUT2D eigenvalue weighted by atomic mass is 10.0. The number of piperidine rings is 1. The number of nitrogens with zero attached hydrogens (tertiary/aromatic N) is 3. The van der Waals surface area contributed by atoms with Crippen LogP contribution >= 0.6 is 0 Å². The highest BCUT2D eigenvalue weighted by molar-refractivity contribution is 5.77. The molecule has 2 heterocycles. The second-order valence-corrected chi connectivity index (χ2v) is 7.09. The minimum Gasteiger partial charge on any atom is -0.379 e. The molecule has 0 amide bonds. The molecule has 6 nitrogen and oxygen atoms in total. The third kappa shape index (κ3) is 7.81. The van der Waals surface area contributed by atoms with Crippen LogP contribution in [0.4, 0.5) is 0 Å². The molecule has 0 saturated carbocycles. The van der Waals surface area contributed by atoms with Crippen LogP contribution in [-0.4, -0.2) is 80.8 Å². The molecule has 140 valence electrons. The number of nitrogens with one attached hydrogen (secondary N) is 1. The summed E-state index contributed by atoms with van der Waals surface area (Å²) >= 11 is 0. The van der Waals surface area contributed by atoms with E-state index in [2.05, 4.69) is 27.0 Å². The molecule has 0 spiro atoms. The van der Waals surface area contributed by atoms with E-state index in [-0.39, 0.29) is 0 Å². The van der Waals surface area contributed by atoms with E-state index in [0.29, 0.717) is 5.96 Å². The number of morpholine rings is 1. The van der Waals surface area contributed by atoms with Crippen LogP contribution in [0.3, 0.4) is 0 Å². The van der Waals surface area contributed by atoms with Crippen LogP contribution < -0.4 is 11.1 Å². The Labute approximate surface area is 147 Å². The van der Waals surface area contributed by atoms with Gasteiger partial charge in [-0.1, -0.05) is 6.42 Å². The summed E-state index contributed by atoms with van der Waals surface area (Å²) in [7, 11) is 0. The number of guanidine groups is 1. The van der Waals surface area contributed by atoms with E-state index in [9.17, 15) is 0 Å². The van der Waals surface area contributed by atoms with Crippen molar-refractivity contribution in [2.75, 3.05) is 59.0 Å². The molecule has 0 aromatic heterocycles.